The predicted octanol–water partition coefficient (Wildman–Crippen LogP) is 5.87. The second-order valence-corrected chi connectivity index (χ2v) is 7.68. The fourth-order valence-electron chi connectivity index (χ4n) is 3.14. The highest BCUT2D eigenvalue weighted by Crippen LogP contribution is 2.29. The molecular weight excluding hydrogens is 478 g/mol. The molecule has 0 aliphatic rings. The van der Waals surface area contributed by atoms with Crippen molar-refractivity contribution in [3.8, 4) is 5.75 Å². The molecule has 0 fully saturated rings. The summed E-state index contributed by atoms with van der Waals surface area (Å²) in [5.74, 6) is -6.04. The quantitative estimate of drug-likeness (QED) is 0.198. The summed E-state index contributed by atoms with van der Waals surface area (Å²) in [5.41, 5.74) is 0.329. The minimum Gasteiger partial charge on any atom is -0.484 e. The maximum absolute atomic E-state index is 13.9. The molecule has 4 aromatic rings. The van der Waals surface area contributed by atoms with Crippen molar-refractivity contribution in [3.63, 3.8) is 0 Å². The summed E-state index contributed by atoms with van der Waals surface area (Å²) in [6.45, 7) is 1.37. The molecule has 2 aromatic carbocycles. The summed E-state index contributed by atoms with van der Waals surface area (Å²) >= 11 is 6.12. The predicted molar refractivity (Wildman–Crippen MR) is 115 cm³/mol. The van der Waals surface area contributed by atoms with E-state index in [0.29, 0.717) is 16.5 Å². The summed E-state index contributed by atoms with van der Waals surface area (Å²) in [6, 6.07) is 8.61. The lowest BCUT2D eigenvalue weighted by Gasteiger charge is -2.09. The molecule has 2 aromatic heterocycles. The number of nitrogens with one attached hydrogen (secondary N) is 1. The van der Waals surface area contributed by atoms with E-state index in [9.17, 15) is 22.4 Å². The molecule has 0 atom stereocenters. The SMILES string of the molecule is Cc1cccc(Cl)c1OCc1ccc(C(=O)Nc2cnn(Cc3c(F)cc(F)c(F)c3F)c2)o1. The van der Waals surface area contributed by atoms with Gasteiger partial charge < -0.3 is 14.5 Å². The first kappa shape index (κ1) is 23.4. The van der Waals surface area contributed by atoms with Crippen LogP contribution in [-0.4, -0.2) is 15.7 Å². The maximum Gasteiger partial charge on any atom is 0.291 e. The molecule has 0 aliphatic heterocycles. The third-order valence-electron chi connectivity index (χ3n) is 4.83. The summed E-state index contributed by atoms with van der Waals surface area (Å²) in [6.07, 6.45) is 2.49. The molecule has 176 valence electrons. The number of benzene rings is 2. The second kappa shape index (κ2) is 9.60. The van der Waals surface area contributed by atoms with Crippen molar-refractivity contribution < 1.29 is 31.5 Å². The van der Waals surface area contributed by atoms with E-state index in [2.05, 4.69) is 10.4 Å². The number of hydrogen-bond acceptors (Lipinski definition) is 4. The monoisotopic (exact) mass is 493 g/mol. The number of anilines is 1. The largest absolute Gasteiger partial charge is 0.484 e. The van der Waals surface area contributed by atoms with E-state index < -0.39 is 41.3 Å². The minimum atomic E-state index is -1.78. The van der Waals surface area contributed by atoms with Crippen LogP contribution >= 0.6 is 11.6 Å². The third kappa shape index (κ3) is 4.91. The van der Waals surface area contributed by atoms with Crippen molar-refractivity contribution in [2.75, 3.05) is 5.32 Å². The molecular formula is C23H16ClF4N3O3. The number of para-hydroxylation sites is 1. The average Bonchev–Trinajstić information content (AvgIpc) is 3.44. The van der Waals surface area contributed by atoms with E-state index in [1.54, 1.807) is 18.2 Å². The third-order valence-corrected chi connectivity index (χ3v) is 5.13. The molecule has 2 heterocycles. The van der Waals surface area contributed by atoms with Gasteiger partial charge >= 0.3 is 0 Å². The van der Waals surface area contributed by atoms with Crippen molar-refractivity contribution in [1.82, 2.24) is 9.78 Å². The molecule has 1 N–H and O–H groups in total. The molecule has 11 heteroatoms. The van der Waals surface area contributed by atoms with Gasteiger partial charge in [0.15, 0.2) is 23.2 Å². The number of nitrogens with zero attached hydrogens (tertiary/aromatic N) is 2. The minimum absolute atomic E-state index is 0.0140. The van der Waals surface area contributed by atoms with E-state index in [0.717, 1.165) is 10.2 Å². The van der Waals surface area contributed by atoms with Crippen LogP contribution in [0.3, 0.4) is 0 Å². The fraction of sp³-hybridized carbons (Fsp3) is 0.130. The van der Waals surface area contributed by atoms with Gasteiger partial charge in [0.1, 0.15) is 23.9 Å². The zero-order chi connectivity index (χ0) is 24.4. The molecule has 0 radical (unpaired) electrons. The average molecular weight is 494 g/mol. The van der Waals surface area contributed by atoms with Gasteiger partial charge in [0, 0.05) is 17.8 Å². The van der Waals surface area contributed by atoms with Gasteiger partial charge in [0.2, 0.25) is 0 Å². The molecule has 6 nitrogen and oxygen atoms in total. The van der Waals surface area contributed by atoms with E-state index >= 15 is 0 Å². The van der Waals surface area contributed by atoms with Gasteiger partial charge in [-0.1, -0.05) is 23.7 Å². The van der Waals surface area contributed by atoms with Crippen LogP contribution in [0.25, 0.3) is 0 Å². The Balaban J connectivity index is 1.39. The van der Waals surface area contributed by atoms with Gasteiger partial charge in [-0.15, -0.1) is 0 Å². The zero-order valence-corrected chi connectivity index (χ0v) is 18.3. The van der Waals surface area contributed by atoms with Crippen LogP contribution in [0, 0.1) is 30.2 Å². The lowest BCUT2D eigenvalue weighted by molar-refractivity contribution is 0.0992. The topological polar surface area (TPSA) is 69.3 Å². The van der Waals surface area contributed by atoms with Crippen molar-refractivity contribution in [1.29, 1.82) is 0 Å². The van der Waals surface area contributed by atoms with Crippen LogP contribution in [0.2, 0.25) is 5.02 Å². The Morgan fingerprint density at radius 1 is 1.15 bits per heavy atom. The van der Waals surface area contributed by atoms with E-state index in [1.165, 1.54) is 18.5 Å². The van der Waals surface area contributed by atoms with E-state index in [4.69, 9.17) is 20.8 Å². The number of aromatic nitrogens is 2. The summed E-state index contributed by atoms with van der Waals surface area (Å²) < 4.78 is 66.4. The number of amides is 1. The molecule has 1 amide bonds. The van der Waals surface area contributed by atoms with Gasteiger partial charge in [0.05, 0.1) is 23.5 Å². The Morgan fingerprint density at radius 3 is 2.71 bits per heavy atom. The Labute approximate surface area is 195 Å². The van der Waals surface area contributed by atoms with E-state index in [-0.39, 0.29) is 24.1 Å². The highest BCUT2D eigenvalue weighted by Gasteiger charge is 2.20. The number of carbonyl (C=O) groups excluding carboxylic acids is 1. The van der Waals surface area contributed by atoms with Crippen LogP contribution in [0.5, 0.6) is 5.75 Å². The molecule has 0 unspecified atom stereocenters. The Kier molecular flexibility index (Phi) is 6.60. The molecule has 0 bridgehead atoms. The maximum atomic E-state index is 13.9. The van der Waals surface area contributed by atoms with Gasteiger partial charge in [-0.25, -0.2) is 17.6 Å². The Morgan fingerprint density at radius 2 is 1.94 bits per heavy atom. The lowest BCUT2D eigenvalue weighted by Crippen LogP contribution is -2.11. The van der Waals surface area contributed by atoms with Crippen LogP contribution < -0.4 is 10.1 Å². The highest BCUT2D eigenvalue weighted by molar-refractivity contribution is 6.32. The number of rotatable bonds is 7. The molecule has 0 saturated heterocycles. The standard InChI is InChI=1S/C23H16ClF4N3O3/c1-12-3-2-4-16(24)22(12)33-11-14-5-6-19(34-14)23(32)30-13-8-29-31(9-13)10-15-17(25)7-18(26)21(28)20(15)27/h2-9H,10-11H2,1H3,(H,30,32). The Hall–Kier alpha value is -3.79. The van der Waals surface area contributed by atoms with Crippen LogP contribution in [0.4, 0.5) is 23.2 Å². The smallest absolute Gasteiger partial charge is 0.291 e. The van der Waals surface area contributed by atoms with Crippen molar-refractivity contribution in [3.05, 3.63) is 99.7 Å². The summed E-state index contributed by atoms with van der Waals surface area (Å²) in [5, 5.41) is 6.84. The molecule has 34 heavy (non-hydrogen) atoms. The second-order valence-electron chi connectivity index (χ2n) is 7.27. The number of carbonyl (C=O) groups is 1. The lowest BCUT2D eigenvalue weighted by atomic mass is 10.2. The van der Waals surface area contributed by atoms with Crippen molar-refractivity contribution in [2.24, 2.45) is 0 Å². The number of aryl methyl sites for hydroxylation is 1. The number of furan rings is 1. The van der Waals surface area contributed by atoms with Crippen molar-refractivity contribution in [2.45, 2.75) is 20.1 Å². The first-order chi connectivity index (χ1) is 16.2. The Bertz CT molecular complexity index is 1350. The molecule has 0 spiro atoms. The van der Waals surface area contributed by atoms with Gasteiger partial charge in [-0.3, -0.25) is 9.48 Å². The number of halogens is 5. The first-order valence-electron chi connectivity index (χ1n) is 9.85. The summed E-state index contributed by atoms with van der Waals surface area (Å²) in [4.78, 5) is 12.5. The van der Waals surface area contributed by atoms with Crippen LogP contribution in [0.15, 0.2) is 53.2 Å². The molecule has 0 aliphatic carbocycles. The first-order valence-corrected chi connectivity index (χ1v) is 10.2. The number of hydrogen-bond donors (Lipinski definition) is 1. The fourth-order valence-corrected chi connectivity index (χ4v) is 3.41. The van der Waals surface area contributed by atoms with Gasteiger partial charge in [-0.2, -0.15) is 5.10 Å². The van der Waals surface area contributed by atoms with Crippen molar-refractivity contribution >= 4 is 23.2 Å². The summed E-state index contributed by atoms with van der Waals surface area (Å²) in [7, 11) is 0. The number of ether oxygens (including phenoxy) is 1. The normalized spacial score (nSPS) is 11.0. The molecule has 0 saturated carbocycles. The highest BCUT2D eigenvalue weighted by atomic mass is 35.5. The molecule has 4 rings (SSSR count). The van der Waals surface area contributed by atoms with Gasteiger partial charge in [-0.05, 0) is 30.7 Å². The van der Waals surface area contributed by atoms with Gasteiger partial charge in [0.25, 0.3) is 5.91 Å². The van der Waals surface area contributed by atoms with Crippen LogP contribution in [0.1, 0.15) is 27.4 Å². The van der Waals surface area contributed by atoms with Crippen LogP contribution in [-0.2, 0) is 13.2 Å². The zero-order valence-electron chi connectivity index (χ0n) is 17.5. The van der Waals surface area contributed by atoms with E-state index in [1.807, 2.05) is 13.0 Å².